The molecule has 166 valence electrons. The first-order valence-corrected chi connectivity index (χ1v) is 11.1. The summed E-state index contributed by atoms with van der Waals surface area (Å²) < 4.78 is 5.47. The monoisotopic (exact) mass is 434 g/mol. The van der Waals surface area contributed by atoms with Crippen molar-refractivity contribution in [1.82, 2.24) is 10.2 Å². The van der Waals surface area contributed by atoms with Gasteiger partial charge in [0.2, 0.25) is 5.91 Å². The lowest BCUT2D eigenvalue weighted by molar-refractivity contribution is -0.149. The fourth-order valence-corrected chi connectivity index (χ4v) is 5.74. The molecule has 1 saturated carbocycles. The molecule has 1 saturated heterocycles. The van der Waals surface area contributed by atoms with Crippen molar-refractivity contribution in [2.75, 3.05) is 26.2 Å². The van der Waals surface area contributed by atoms with E-state index >= 15 is 0 Å². The number of carboxylic acid groups (broad SMARTS) is 1. The number of carbonyl (C=O) groups is 3. The number of carboxylic acids is 1. The molecule has 7 nitrogen and oxygen atoms in total. The van der Waals surface area contributed by atoms with E-state index in [0.29, 0.717) is 13.0 Å². The van der Waals surface area contributed by atoms with Gasteiger partial charge in [-0.05, 0) is 41.0 Å². The number of amides is 2. The number of nitrogens with zero attached hydrogens (tertiary/aromatic N) is 1. The van der Waals surface area contributed by atoms with Crippen molar-refractivity contribution in [3.05, 3.63) is 59.7 Å². The zero-order valence-corrected chi connectivity index (χ0v) is 17.8. The SMILES string of the molecule is O=C(NCC(=O)N1CC2CCCC2(C(=O)O)C1)OCC1c2ccccc2-c2ccccc21. The third kappa shape index (κ3) is 3.32. The van der Waals surface area contributed by atoms with Crippen LogP contribution in [0.25, 0.3) is 11.1 Å². The molecule has 32 heavy (non-hydrogen) atoms. The van der Waals surface area contributed by atoms with Crippen LogP contribution in [0.15, 0.2) is 48.5 Å². The van der Waals surface area contributed by atoms with Crippen molar-refractivity contribution < 1.29 is 24.2 Å². The van der Waals surface area contributed by atoms with Crippen LogP contribution in [-0.2, 0) is 14.3 Å². The molecule has 1 heterocycles. The normalized spacial score (nSPS) is 23.4. The largest absolute Gasteiger partial charge is 0.481 e. The van der Waals surface area contributed by atoms with Gasteiger partial charge in [-0.3, -0.25) is 9.59 Å². The number of carbonyl (C=O) groups excluding carboxylic acids is 2. The summed E-state index contributed by atoms with van der Waals surface area (Å²) in [4.78, 5) is 38.3. The lowest BCUT2D eigenvalue weighted by atomic mass is 9.81. The molecule has 1 aliphatic heterocycles. The maximum atomic E-state index is 12.6. The third-order valence-electron chi connectivity index (χ3n) is 7.38. The van der Waals surface area contributed by atoms with E-state index in [1.54, 1.807) is 4.90 Å². The summed E-state index contributed by atoms with van der Waals surface area (Å²) in [6, 6.07) is 16.2. The quantitative estimate of drug-likeness (QED) is 0.753. The van der Waals surface area contributed by atoms with Gasteiger partial charge in [0, 0.05) is 19.0 Å². The Morgan fingerprint density at radius 3 is 2.34 bits per heavy atom. The van der Waals surface area contributed by atoms with E-state index in [-0.39, 0.29) is 37.4 Å². The van der Waals surface area contributed by atoms with E-state index in [2.05, 4.69) is 17.4 Å². The van der Waals surface area contributed by atoms with Gasteiger partial charge in [0.1, 0.15) is 13.2 Å². The number of aliphatic carboxylic acids is 1. The molecule has 3 aliphatic rings. The van der Waals surface area contributed by atoms with Gasteiger partial charge in [-0.15, -0.1) is 0 Å². The molecule has 5 rings (SSSR count). The number of rotatable bonds is 5. The van der Waals surface area contributed by atoms with Crippen LogP contribution in [0.4, 0.5) is 4.79 Å². The van der Waals surface area contributed by atoms with Crippen molar-refractivity contribution in [1.29, 1.82) is 0 Å². The van der Waals surface area contributed by atoms with Gasteiger partial charge in [0.15, 0.2) is 0 Å². The minimum absolute atomic E-state index is 0.00148. The second-order valence-corrected chi connectivity index (χ2v) is 9.00. The number of benzene rings is 2. The van der Waals surface area contributed by atoms with E-state index in [4.69, 9.17) is 4.74 Å². The number of nitrogens with one attached hydrogen (secondary N) is 1. The van der Waals surface area contributed by atoms with Crippen LogP contribution in [0.3, 0.4) is 0 Å². The third-order valence-corrected chi connectivity index (χ3v) is 7.38. The van der Waals surface area contributed by atoms with Crippen LogP contribution in [-0.4, -0.2) is 54.2 Å². The maximum Gasteiger partial charge on any atom is 0.407 e. The first-order valence-electron chi connectivity index (χ1n) is 11.1. The highest BCUT2D eigenvalue weighted by Gasteiger charge is 2.55. The first kappa shape index (κ1) is 20.5. The number of ether oxygens (including phenoxy) is 1. The zero-order valence-electron chi connectivity index (χ0n) is 17.8. The Kier molecular flexibility index (Phi) is 5.12. The Labute approximate surface area is 186 Å². The van der Waals surface area contributed by atoms with Gasteiger partial charge < -0.3 is 20.1 Å². The zero-order chi connectivity index (χ0) is 22.3. The number of likely N-dealkylation sites (tertiary alicyclic amines) is 1. The van der Waals surface area contributed by atoms with Gasteiger partial charge in [-0.1, -0.05) is 55.0 Å². The van der Waals surface area contributed by atoms with Crippen molar-refractivity contribution in [2.24, 2.45) is 11.3 Å². The molecule has 7 heteroatoms. The average Bonchev–Trinajstić information content (AvgIpc) is 3.46. The lowest BCUT2D eigenvalue weighted by Gasteiger charge is -2.23. The standard InChI is InChI=1S/C25H26N2O5/c28-22(27-13-16-6-5-11-25(16,15-27)23(29)30)12-26-24(31)32-14-21-19-9-3-1-7-17(19)18-8-2-4-10-20(18)21/h1-4,7-10,16,21H,5-6,11-15H2,(H,26,31)(H,29,30). The van der Waals surface area contributed by atoms with Gasteiger partial charge in [-0.2, -0.15) is 0 Å². The Morgan fingerprint density at radius 1 is 1.06 bits per heavy atom. The second kappa shape index (κ2) is 7.97. The van der Waals surface area contributed by atoms with Crippen LogP contribution in [0.2, 0.25) is 0 Å². The van der Waals surface area contributed by atoms with Gasteiger partial charge in [0.25, 0.3) is 0 Å². The number of hydrogen-bond acceptors (Lipinski definition) is 4. The molecule has 0 bridgehead atoms. The molecule has 0 spiro atoms. The highest BCUT2D eigenvalue weighted by Crippen LogP contribution is 2.49. The first-order chi connectivity index (χ1) is 15.5. The summed E-state index contributed by atoms with van der Waals surface area (Å²) in [7, 11) is 0. The van der Waals surface area contributed by atoms with Crippen molar-refractivity contribution in [2.45, 2.75) is 25.2 Å². The minimum atomic E-state index is -0.820. The van der Waals surface area contributed by atoms with Crippen molar-refractivity contribution in [3.8, 4) is 11.1 Å². The Hall–Kier alpha value is -3.35. The van der Waals surface area contributed by atoms with E-state index in [0.717, 1.165) is 35.1 Å². The van der Waals surface area contributed by atoms with Gasteiger partial charge in [0.05, 0.1) is 5.41 Å². The van der Waals surface area contributed by atoms with E-state index in [1.807, 2.05) is 36.4 Å². The van der Waals surface area contributed by atoms with Gasteiger partial charge >= 0.3 is 12.1 Å². The van der Waals surface area contributed by atoms with Crippen LogP contribution < -0.4 is 5.32 Å². The molecule has 0 aromatic heterocycles. The fourth-order valence-electron chi connectivity index (χ4n) is 5.74. The summed E-state index contributed by atoms with van der Waals surface area (Å²) in [5.74, 6) is -1.14. The summed E-state index contributed by atoms with van der Waals surface area (Å²) in [5.41, 5.74) is 3.73. The van der Waals surface area contributed by atoms with Crippen LogP contribution in [0.5, 0.6) is 0 Å². The molecule has 2 amide bonds. The van der Waals surface area contributed by atoms with Crippen LogP contribution >= 0.6 is 0 Å². The molecule has 2 fully saturated rings. The van der Waals surface area contributed by atoms with E-state index in [9.17, 15) is 19.5 Å². The predicted octanol–water partition coefficient (Wildman–Crippen LogP) is 3.24. The summed E-state index contributed by atoms with van der Waals surface area (Å²) in [5, 5.41) is 12.2. The second-order valence-electron chi connectivity index (χ2n) is 9.00. The maximum absolute atomic E-state index is 12.6. The summed E-state index contributed by atoms with van der Waals surface area (Å²) in [6.45, 7) is 0.650. The topological polar surface area (TPSA) is 95.9 Å². The molecule has 2 N–H and O–H groups in total. The molecular weight excluding hydrogens is 408 g/mol. The molecule has 2 aromatic rings. The van der Waals surface area contributed by atoms with Gasteiger partial charge in [-0.25, -0.2) is 4.79 Å². The Morgan fingerprint density at radius 2 is 1.72 bits per heavy atom. The Balaban J connectivity index is 1.16. The smallest absolute Gasteiger partial charge is 0.407 e. The van der Waals surface area contributed by atoms with E-state index < -0.39 is 17.5 Å². The minimum Gasteiger partial charge on any atom is -0.481 e. The number of alkyl carbamates (subject to hydrolysis) is 1. The molecule has 2 aromatic carbocycles. The van der Waals surface area contributed by atoms with Crippen molar-refractivity contribution >= 4 is 18.0 Å². The lowest BCUT2D eigenvalue weighted by Crippen LogP contribution is -2.41. The fraction of sp³-hybridized carbons (Fsp3) is 0.400. The van der Waals surface area contributed by atoms with E-state index in [1.165, 1.54) is 0 Å². The highest BCUT2D eigenvalue weighted by molar-refractivity contribution is 5.85. The van der Waals surface area contributed by atoms with Crippen LogP contribution in [0, 0.1) is 11.3 Å². The number of hydrogen-bond donors (Lipinski definition) is 2. The summed E-state index contributed by atoms with van der Waals surface area (Å²) in [6.07, 6.45) is 1.68. The molecule has 0 radical (unpaired) electrons. The predicted molar refractivity (Wildman–Crippen MR) is 117 cm³/mol. The molecule has 2 aliphatic carbocycles. The Bertz CT molecular complexity index is 1040. The molecular formula is C25H26N2O5. The molecule has 2 unspecified atom stereocenters. The highest BCUT2D eigenvalue weighted by atomic mass is 16.5. The number of fused-ring (bicyclic) bond motifs is 4. The average molecular weight is 434 g/mol. The van der Waals surface area contributed by atoms with Crippen molar-refractivity contribution in [3.63, 3.8) is 0 Å². The summed E-state index contributed by atoms with van der Waals surface area (Å²) >= 11 is 0. The molecule has 2 atom stereocenters. The van der Waals surface area contributed by atoms with Crippen LogP contribution in [0.1, 0.15) is 36.3 Å².